The summed E-state index contributed by atoms with van der Waals surface area (Å²) in [6.45, 7) is 0. The van der Waals surface area contributed by atoms with E-state index in [1.54, 1.807) is 0 Å². The second-order valence-electron chi connectivity index (χ2n) is 2.85. The number of halogens is 4. The summed E-state index contributed by atoms with van der Waals surface area (Å²) in [7, 11) is 1.15. The van der Waals surface area contributed by atoms with Gasteiger partial charge in [0, 0.05) is 11.8 Å². The SMILES string of the molecule is COC(=O)Cc1cnc(C(F)F)c(F)c1Cl. The lowest BCUT2D eigenvalue weighted by atomic mass is 10.2. The average molecular weight is 254 g/mol. The molecule has 1 aromatic heterocycles. The van der Waals surface area contributed by atoms with Gasteiger partial charge in [0.1, 0.15) is 5.69 Å². The number of carbonyl (C=O) groups excluding carboxylic acids is 1. The quantitative estimate of drug-likeness (QED) is 0.777. The molecule has 0 unspecified atom stereocenters. The third-order valence-electron chi connectivity index (χ3n) is 1.83. The molecule has 0 aliphatic rings. The Bertz CT molecular complexity index is 412. The topological polar surface area (TPSA) is 39.2 Å². The van der Waals surface area contributed by atoms with Crippen LogP contribution in [0.2, 0.25) is 5.02 Å². The minimum Gasteiger partial charge on any atom is -0.469 e. The van der Waals surface area contributed by atoms with Crippen molar-refractivity contribution in [3.8, 4) is 0 Å². The van der Waals surface area contributed by atoms with Crippen LogP contribution in [0, 0.1) is 5.82 Å². The van der Waals surface area contributed by atoms with E-state index in [2.05, 4.69) is 9.72 Å². The highest BCUT2D eigenvalue weighted by molar-refractivity contribution is 6.31. The normalized spacial score (nSPS) is 10.6. The first-order valence-electron chi connectivity index (χ1n) is 4.15. The predicted molar refractivity (Wildman–Crippen MR) is 49.9 cm³/mol. The third-order valence-corrected chi connectivity index (χ3v) is 2.24. The predicted octanol–water partition coefficient (Wildman–Crippen LogP) is 2.53. The maximum atomic E-state index is 13.2. The van der Waals surface area contributed by atoms with Crippen molar-refractivity contribution in [2.45, 2.75) is 12.8 Å². The molecule has 1 heterocycles. The van der Waals surface area contributed by atoms with E-state index in [4.69, 9.17) is 11.6 Å². The molecule has 0 fully saturated rings. The van der Waals surface area contributed by atoms with E-state index in [1.165, 1.54) is 0 Å². The maximum Gasteiger partial charge on any atom is 0.310 e. The van der Waals surface area contributed by atoms with Crippen molar-refractivity contribution in [3.63, 3.8) is 0 Å². The number of methoxy groups -OCH3 is 1. The first kappa shape index (κ1) is 12.8. The Labute approximate surface area is 94.2 Å². The van der Waals surface area contributed by atoms with E-state index in [0.29, 0.717) is 0 Å². The molecule has 0 atom stereocenters. The van der Waals surface area contributed by atoms with E-state index >= 15 is 0 Å². The lowest BCUT2D eigenvalue weighted by molar-refractivity contribution is -0.139. The Morgan fingerprint density at radius 2 is 2.25 bits per heavy atom. The first-order valence-corrected chi connectivity index (χ1v) is 4.53. The number of esters is 1. The molecule has 7 heteroatoms. The number of aromatic nitrogens is 1. The van der Waals surface area contributed by atoms with Gasteiger partial charge in [0.25, 0.3) is 6.43 Å². The molecule has 0 spiro atoms. The van der Waals surface area contributed by atoms with Crippen molar-refractivity contribution in [2.75, 3.05) is 7.11 Å². The lowest BCUT2D eigenvalue weighted by Crippen LogP contribution is -2.07. The molecule has 0 aliphatic heterocycles. The molecule has 0 saturated heterocycles. The third kappa shape index (κ3) is 2.63. The lowest BCUT2D eigenvalue weighted by Gasteiger charge is -2.07. The zero-order chi connectivity index (χ0) is 12.3. The molecule has 0 saturated carbocycles. The molecule has 16 heavy (non-hydrogen) atoms. The number of hydrogen-bond donors (Lipinski definition) is 0. The van der Waals surface area contributed by atoms with E-state index < -0.39 is 28.9 Å². The fourth-order valence-corrected chi connectivity index (χ4v) is 1.23. The van der Waals surface area contributed by atoms with Crippen LogP contribution < -0.4 is 0 Å². The fourth-order valence-electron chi connectivity index (χ4n) is 1.02. The van der Waals surface area contributed by atoms with Crippen LogP contribution in [0.15, 0.2) is 6.20 Å². The molecule has 1 aromatic rings. The van der Waals surface area contributed by atoms with Gasteiger partial charge in [-0.15, -0.1) is 0 Å². The highest BCUT2D eigenvalue weighted by atomic mass is 35.5. The molecule has 0 amide bonds. The van der Waals surface area contributed by atoms with Crippen molar-refractivity contribution in [2.24, 2.45) is 0 Å². The molecule has 1 rings (SSSR count). The maximum absolute atomic E-state index is 13.2. The monoisotopic (exact) mass is 253 g/mol. The number of hydrogen-bond acceptors (Lipinski definition) is 3. The van der Waals surface area contributed by atoms with Crippen molar-refractivity contribution in [1.29, 1.82) is 0 Å². The van der Waals surface area contributed by atoms with Crippen molar-refractivity contribution < 1.29 is 22.7 Å². The largest absolute Gasteiger partial charge is 0.469 e. The van der Waals surface area contributed by atoms with Gasteiger partial charge >= 0.3 is 5.97 Å². The van der Waals surface area contributed by atoms with Gasteiger partial charge in [-0.25, -0.2) is 13.2 Å². The van der Waals surface area contributed by atoms with Crippen LogP contribution in [0.1, 0.15) is 17.7 Å². The molecule has 0 radical (unpaired) electrons. The number of carbonyl (C=O) groups is 1. The Hall–Kier alpha value is -1.30. The van der Waals surface area contributed by atoms with Gasteiger partial charge in [0.15, 0.2) is 5.82 Å². The Kier molecular flexibility index (Phi) is 4.12. The van der Waals surface area contributed by atoms with Gasteiger partial charge in [-0.2, -0.15) is 0 Å². The zero-order valence-electron chi connectivity index (χ0n) is 8.14. The molecule has 88 valence electrons. The molecular formula is C9H7ClF3NO2. The molecule has 3 nitrogen and oxygen atoms in total. The van der Waals surface area contributed by atoms with Crippen LogP contribution >= 0.6 is 11.6 Å². The summed E-state index contributed by atoms with van der Waals surface area (Å²) in [5, 5.41) is -0.532. The van der Waals surface area contributed by atoms with Crippen LogP contribution in [-0.2, 0) is 16.0 Å². The molecular weight excluding hydrogens is 247 g/mol. The Morgan fingerprint density at radius 1 is 1.62 bits per heavy atom. The Morgan fingerprint density at radius 3 is 2.75 bits per heavy atom. The minimum atomic E-state index is -3.05. The first-order chi connectivity index (χ1) is 7.47. The standard InChI is InChI=1S/C9H7ClF3NO2/c1-16-5(15)2-4-3-14-8(9(12)13)7(11)6(4)10/h3,9H,2H2,1H3. The molecule has 0 N–H and O–H groups in total. The van der Waals surface area contributed by atoms with Gasteiger partial charge in [0.05, 0.1) is 18.6 Å². The summed E-state index contributed by atoms with van der Waals surface area (Å²) < 4.78 is 42.0. The number of alkyl halides is 2. The van der Waals surface area contributed by atoms with Gasteiger partial charge in [0.2, 0.25) is 0 Å². The Balaban J connectivity index is 3.07. The fraction of sp³-hybridized carbons (Fsp3) is 0.333. The van der Waals surface area contributed by atoms with Crippen LogP contribution in [0.5, 0.6) is 0 Å². The average Bonchev–Trinajstić information content (AvgIpc) is 2.24. The van der Waals surface area contributed by atoms with Crippen LogP contribution in [0.25, 0.3) is 0 Å². The zero-order valence-corrected chi connectivity index (χ0v) is 8.89. The number of ether oxygens (including phenoxy) is 1. The summed E-state index contributed by atoms with van der Waals surface area (Å²) in [6, 6.07) is 0. The van der Waals surface area contributed by atoms with Crippen molar-refractivity contribution in [3.05, 3.63) is 28.3 Å². The summed E-state index contributed by atoms with van der Waals surface area (Å²) in [5.74, 6) is -1.97. The van der Waals surface area contributed by atoms with Gasteiger partial charge < -0.3 is 4.74 Å². The second kappa shape index (κ2) is 5.16. The summed E-state index contributed by atoms with van der Waals surface area (Å²) in [4.78, 5) is 14.1. The molecule has 0 aliphatic carbocycles. The van der Waals surface area contributed by atoms with Gasteiger partial charge in [-0.3, -0.25) is 9.78 Å². The van der Waals surface area contributed by atoms with Crippen LogP contribution in [0.4, 0.5) is 13.2 Å². The van der Waals surface area contributed by atoms with E-state index in [-0.39, 0.29) is 12.0 Å². The molecule has 0 bridgehead atoms. The van der Waals surface area contributed by atoms with Crippen LogP contribution in [-0.4, -0.2) is 18.1 Å². The summed E-state index contributed by atoms with van der Waals surface area (Å²) in [6.07, 6.45) is -2.43. The smallest absolute Gasteiger partial charge is 0.310 e. The van der Waals surface area contributed by atoms with E-state index in [0.717, 1.165) is 13.3 Å². The highest BCUT2D eigenvalue weighted by Gasteiger charge is 2.21. The van der Waals surface area contributed by atoms with Crippen molar-refractivity contribution in [1.82, 2.24) is 4.98 Å². The summed E-state index contributed by atoms with van der Waals surface area (Å²) in [5.41, 5.74) is -1.02. The second-order valence-corrected chi connectivity index (χ2v) is 3.23. The van der Waals surface area contributed by atoms with E-state index in [9.17, 15) is 18.0 Å². The van der Waals surface area contributed by atoms with Crippen molar-refractivity contribution >= 4 is 17.6 Å². The number of pyridine rings is 1. The van der Waals surface area contributed by atoms with E-state index in [1.807, 2.05) is 0 Å². The minimum absolute atomic E-state index is 0.00965. The number of nitrogens with zero attached hydrogens (tertiary/aromatic N) is 1. The summed E-state index contributed by atoms with van der Waals surface area (Å²) >= 11 is 5.49. The van der Waals surface area contributed by atoms with Gasteiger partial charge in [-0.05, 0) is 0 Å². The number of rotatable bonds is 3. The molecule has 0 aromatic carbocycles. The highest BCUT2D eigenvalue weighted by Crippen LogP contribution is 2.27. The van der Waals surface area contributed by atoms with Gasteiger partial charge in [-0.1, -0.05) is 11.6 Å². The van der Waals surface area contributed by atoms with Crippen LogP contribution in [0.3, 0.4) is 0 Å².